The zero-order valence-electron chi connectivity index (χ0n) is 11.7. The normalized spacial score (nSPS) is 17.2. The van der Waals surface area contributed by atoms with Crippen LogP contribution in [0, 0.1) is 6.92 Å². The summed E-state index contributed by atoms with van der Waals surface area (Å²) in [7, 11) is 0. The van der Waals surface area contributed by atoms with Gasteiger partial charge in [0.15, 0.2) is 0 Å². The second-order valence-corrected chi connectivity index (χ2v) is 5.99. The molecule has 0 amide bonds. The highest BCUT2D eigenvalue weighted by Gasteiger charge is 2.24. The molecule has 1 aromatic carbocycles. The summed E-state index contributed by atoms with van der Waals surface area (Å²) in [6.45, 7) is 3.34. The second-order valence-electron chi connectivity index (χ2n) is 5.15. The Bertz CT molecular complexity index is 661. The Balaban J connectivity index is 1.79. The van der Waals surface area contributed by atoms with E-state index in [0.29, 0.717) is 23.2 Å². The van der Waals surface area contributed by atoms with Crippen molar-refractivity contribution in [1.82, 2.24) is 10.3 Å². The number of benzene rings is 1. The molecule has 0 fully saturated rings. The van der Waals surface area contributed by atoms with Crippen molar-refractivity contribution in [2.45, 2.75) is 25.9 Å². The molecule has 1 aromatic heterocycles. The van der Waals surface area contributed by atoms with Gasteiger partial charge >= 0.3 is 0 Å². The molecule has 1 aliphatic rings. The van der Waals surface area contributed by atoms with E-state index >= 15 is 0 Å². The number of rotatable bonds is 3. The van der Waals surface area contributed by atoms with Gasteiger partial charge in [-0.1, -0.05) is 29.3 Å². The standard InChI is InChI=1S/C16H16Cl2N2O/c1-10-3-2-4-12(20-10)9-19-15-5-6-21-16-13(15)7-11(17)8-14(16)18/h2-4,7-8,15,19H,5-6,9H2,1H3. The highest BCUT2D eigenvalue weighted by molar-refractivity contribution is 6.35. The first kappa shape index (κ1) is 14.6. The molecule has 5 heteroatoms. The van der Waals surface area contributed by atoms with Crippen LogP contribution in [-0.2, 0) is 6.54 Å². The van der Waals surface area contributed by atoms with Crippen LogP contribution >= 0.6 is 23.2 Å². The van der Waals surface area contributed by atoms with E-state index in [0.717, 1.165) is 29.1 Å². The molecule has 0 saturated heterocycles. The summed E-state index contributed by atoms with van der Waals surface area (Å²) in [5, 5.41) is 4.71. The van der Waals surface area contributed by atoms with Gasteiger partial charge in [-0.05, 0) is 31.2 Å². The van der Waals surface area contributed by atoms with E-state index < -0.39 is 0 Å². The van der Waals surface area contributed by atoms with E-state index in [1.807, 2.05) is 31.2 Å². The van der Waals surface area contributed by atoms with E-state index in [1.54, 1.807) is 6.07 Å². The van der Waals surface area contributed by atoms with Crippen molar-refractivity contribution < 1.29 is 4.74 Å². The summed E-state index contributed by atoms with van der Waals surface area (Å²) in [6, 6.07) is 9.84. The fraction of sp³-hybridized carbons (Fsp3) is 0.312. The summed E-state index contributed by atoms with van der Waals surface area (Å²) in [4.78, 5) is 4.50. The monoisotopic (exact) mass is 322 g/mol. The lowest BCUT2D eigenvalue weighted by Crippen LogP contribution is -2.27. The molecule has 110 valence electrons. The minimum Gasteiger partial charge on any atom is -0.492 e. The quantitative estimate of drug-likeness (QED) is 0.914. The highest BCUT2D eigenvalue weighted by atomic mass is 35.5. The van der Waals surface area contributed by atoms with Crippen molar-refractivity contribution in [3.63, 3.8) is 0 Å². The van der Waals surface area contributed by atoms with Crippen molar-refractivity contribution in [2.24, 2.45) is 0 Å². The average molecular weight is 323 g/mol. The molecule has 0 bridgehead atoms. The lowest BCUT2D eigenvalue weighted by Gasteiger charge is -2.27. The number of hydrogen-bond acceptors (Lipinski definition) is 3. The van der Waals surface area contributed by atoms with Gasteiger partial charge in [0.1, 0.15) is 5.75 Å². The van der Waals surface area contributed by atoms with Crippen LogP contribution in [0.25, 0.3) is 0 Å². The molecular formula is C16H16Cl2N2O. The zero-order valence-corrected chi connectivity index (χ0v) is 13.2. The molecule has 21 heavy (non-hydrogen) atoms. The van der Waals surface area contributed by atoms with Gasteiger partial charge in [0.05, 0.1) is 17.3 Å². The summed E-state index contributed by atoms with van der Waals surface area (Å²) in [5.74, 6) is 0.738. The largest absolute Gasteiger partial charge is 0.492 e. The van der Waals surface area contributed by atoms with Gasteiger partial charge in [-0.25, -0.2) is 0 Å². The third-order valence-corrected chi connectivity index (χ3v) is 4.04. The average Bonchev–Trinajstić information content (AvgIpc) is 2.45. The molecule has 2 aromatic rings. The predicted octanol–water partition coefficient (Wildman–Crippen LogP) is 4.31. The molecular weight excluding hydrogens is 307 g/mol. The fourth-order valence-electron chi connectivity index (χ4n) is 2.56. The Morgan fingerprint density at radius 3 is 3.00 bits per heavy atom. The Morgan fingerprint density at radius 1 is 1.33 bits per heavy atom. The SMILES string of the molecule is Cc1cccc(CNC2CCOc3c(Cl)cc(Cl)cc32)n1. The Hall–Kier alpha value is -1.29. The van der Waals surface area contributed by atoms with E-state index in [4.69, 9.17) is 27.9 Å². The molecule has 0 saturated carbocycles. The number of aryl methyl sites for hydroxylation is 1. The number of fused-ring (bicyclic) bond motifs is 1. The van der Waals surface area contributed by atoms with Crippen molar-refractivity contribution in [2.75, 3.05) is 6.61 Å². The van der Waals surface area contributed by atoms with Crippen LogP contribution in [0.5, 0.6) is 5.75 Å². The first-order valence-corrected chi connectivity index (χ1v) is 7.67. The second kappa shape index (κ2) is 6.22. The molecule has 3 nitrogen and oxygen atoms in total. The van der Waals surface area contributed by atoms with E-state index in [1.165, 1.54) is 0 Å². The first-order chi connectivity index (χ1) is 10.1. The summed E-state index contributed by atoms with van der Waals surface area (Å²) < 4.78 is 5.66. The van der Waals surface area contributed by atoms with Crippen LogP contribution in [0.2, 0.25) is 10.0 Å². The van der Waals surface area contributed by atoms with Gasteiger partial charge < -0.3 is 10.1 Å². The maximum atomic E-state index is 6.20. The topological polar surface area (TPSA) is 34.1 Å². The van der Waals surface area contributed by atoms with Crippen LogP contribution < -0.4 is 10.1 Å². The predicted molar refractivity (Wildman–Crippen MR) is 85.1 cm³/mol. The smallest absolute Gasteiger partial charge is 0.142 e. The molecule has 1 unspecified atom stereocenters. The zero-order chi connectivity index (χ0) is 14.8. The van der Waals surface area contributed by atoms with Gasteiger partial charge in [0, 0.05) is 35.3 Å². The molecule has 0 spiro atoms. The van der Waals surface area contributed by atoms with Gasteiger partial charge in [0.25, 0.3) is 0 Å². The van der Waals surface area contributed by atoms with Crippen molar-refractivity contribution in [3.8, 4) is 5.75 Å². The highest BCUT2D eigenvalue weighted by Crippen LogP contribution is 2.39. The number of ether oxygens (including phenoxy) is 1. The Kier molecular flexibility index (Phi) is 4.34. The van der Waals surface area contributed by atoms with Crippen LogP contribution in [-0.4, -0.2) is 11.6 Å². The Labute approximate surface area is 134 Å². The van der Waals surface area contributed by atoms with Gasteiger partial charge in [-0.2, -0.15) is 0 Å². The first-order valence-electron chi connectivity index (χ1n) is 6.91. The summed E-state index contributed by atoms with van der Waals surface area (Å²) in [6.07, 6.45) is 0.884. The lowest BCUT2D eigenvalue weighted by molar-refractivity contribution is 0.252. The third-order valence-electron chi connectivity index (χ3n) is 3.54. The van der Waals surface area contributed by atoms with E-state index in [9.17, 15) is 0 Å². The third kappa shape index (κ3) is 3.31. The molecule has 3 rings (SSSR count). The van der Waals surface area contributed by atoms with E-state index in [-0.39, 0.29) is 6.04 Å². The number of halogens is 2. The summed E-state index contributed by atoms with van der Waals surface area (Å²) >= 11 is 12.3. The summed E-state index contributed by atoms with van der Waals surface area (Å²) in [5.41, 5.74) is 3.07. The minimum atomic E-state index is 0.173. The maximum Gasteiger partial charge on any atom is 0.142 e. The van der Waals surface area contributed by atoms with Gasteiger partial charge in [0.2, 0.25) is 0 Å². The van der Waals surface area contributed by atoms with Crippen molar-refractivity contribution in [1.29, 1.82) is 0 Å². The molecule has 2 heterocycles. The number of pyridine rings is 1. The fourth-order valence-corrected chi connectivity index (χ4v) is 3.13. The van der Waals surface area contributed by atoms with Crippen LogP contribution in [0.1, 0.15) is 29.4 Å². The minimum absolute atomic E-state index is 0.173. The van der Waals surface area contributed by atoms with Crippen LogP contribution in [0.4, 0.5) is 0 Å². The molecule has 1 N–H and O–H groups in total. The van der Waals surface area contributed by atoms with Crippen LogP contribution in [0.15, 0.2) is 30.3 Å². The number of nitrogens with one attached hydrogen (secondary N) is 1. The molecule has 1 atom stereocenters. The number of hydrogen-bond donors (Lipinski definition) is 1. The van der Waals surface area contributed by atoms with Crippen molar-refractivity contribution in [3.05, 3.63) is 57.3 Å². The number of nitrogens with zero attached hydrogens (tertiary/aromatic N) is 1. The van der Waals surface area contributed by atoms with Gasteiger partial charge in [-0.15, -0.1) is 0 Å². The van der Waals surface area contributed by atoms with Crippen LogP contribution in [0.3, 0.4) is 0 Å². The maximum absolute atomic E-state index is 6.20. The van der Waals surface area contributed by atoms with Gasteiger partial charge in [-0.3, -0.25) is 4.98 Å². The molecule has 1 aliphatic heterocycles. The van der Waals surface area contributed by atoms with Crippen molar-refractivity contribution >= 4 is 23.2 Å². The molecule has 0 radical (unpaired) electrons. The lowest BCUT2D eigenvalue weighted by atomic mass is 10.0. The Morgan fingerprint density at radius 2 is 2.19 bits per heavy atom. The molecule has 0 aliphatic carbocycles. The van der Waals surface area contributed by atoms with E-state index in [2.05, 4.69) is 10.3 Å². The number of aromatic nitrogens is 1.